The molecule has 0 radical (unpaired) electrons. The zero-order chi connectivity index (χ0) is 14.2. The summed E-state index contributed by atoms with van der Waals surface area (Å²) in [4.78, 5) is 25.3. The first kappa shape index (κ1) is 14.1. The third-order valence-electron chi connectivity index (χ3n) is 3.64. The molecule has 1 fully saturated rings. The molecule has 0 saturated carbocycles. The minimum atomic E-state index is -0.924. The van der Waals surface area contributed by atoms with Crippen molar-refractivity contribution in [1.29, 1.82) is 0 Å². The molecular formula is C13H17BrN2O3. The largest absolute Gasteiger partial charge is 0.480 e. The number of aliphatic carboxylic acids is 1. The molecule has 1 aliphatic heterocycles. The van der Waals surface area contributed by atoms with Crippen LogP contribution in [-0.4, -0.2) is 39.0 Å². The van der Waals surface area contributed by atoms with Crippen LogP contribution < -0.4 is 0 Å². The predicted molar refractivity (Wildman–Crippen MR) is 74.0 cm³/mol. The molecule has 1 aromatic rings. The smallest absolute Gasteiger partial charge is 0.326 e. The van der Waals surface area contributed by atoms with Gasteiger partial charge in [-0.15, -0.1) is 0 Å². The summed E-state index contributed by atoms with van der Waals surface area (Å²) < 4.78 is 2.66. The van der Waals surface area contributed by atoms with Crippen LogP contribution in [-0.2, 0) is 11.3 Å². The predicted octanol–water partition coefficient (Wildman–Crippen LogP) is 2.21. The fourth-order valence-electron chi connectivity index (χ4n) is 2.61. The lowest BCUT2D eigenvalue weighted by Crippen LogP contribution is -2.43. The molecule has 0 spiro atoms. The van der Waals surface area contributed by atoms with Gasteiger partial charge in [0.25, 0.3) is 5.91 Å². The zero-order valence-electron chi connectivity index (χ0n) is 11.0. The lowest BCUT2D eigenvalue weighted by atomic mass is 10.0. The fourth-order valence-corrected chi connectivity index (χ4v) is 3.08. The van der Waals surface area contributed by atoms with Gasteiger partial charge >= 0.3 is 5.97 Å². The van der Waals surface area contributed by atoms with Crippen LogP contribution in [0.4, 0.5) is 0 Å². The van der Waals surface area contributed by atoms with Crippen molar-refractivity contribution in [3.05, 3.63) is 22.4 Å². The Labute approximate surface area is 120 Å². The van der Waals surface area contributed by atoms with E-state index in [1.165, 1.54) is 4.90 Å². The molecule has 1 aromatic heterocycles. The van der Waals surface area contributed by atoms with E-state index >= 15 is 0 Å². The number of aromatic nitrogens is 1. The Morgan fingerprint density at radius 2 is 2.21 bits per heavy atom. The SMILES string of the molecule is CCn1cc(Br)cc1C(=O)N1CCC(C)C1C(=O)O. The number of hydrogen-bond acceptors (Lipinski definition) is 2. The highest BCUT2D eigenvalue weighted by Gasteiger charge is 2.40. The Bertz CT molecular complexity index is 512. The van der Waals surface area contributed by atoms with E-state index in [1.54, 1.807) is 6.07 Å². The van der Waals surface area contributed by atoms with E-state index in [2.05, 4.69) is 15.9 Å². The molecule has 2 rings (SSSR count). The van der Waals surface area contributed by atoms with Crippen LogP contribution in [0.25, 0.3) is 0 Å². The van der Waals surface area contributed by atoms with Crippen molar-refractivity contribution < 1.29 is 14.7 Å². The number of likely N-dealkylation sites (tertiary alicyclic amines) is 1. The maximum Gasteiger partial charge on any atom is 0.326 e. The highest BCUT2D eigenvalue weighted by atomic mass is 79.9. The van der Waals surface area contributed by atoms with E-state index in [0.29, 0.717) is 18.8 Å². The van der Waals surface area contributed by atoms with Gasteiger partial charge in [0.2, 0.25) is 0 Å². The van der Waals surface area contributed by atoms with Gasteiger partial charge in [0, 0.05) is 23.8 Å². The Balaban J connectivity index is 2.30. The van der Waals surface area contributed by atoms with Gasteiger partial charge in [-0.25, -0.2) is 4.79 Å². The van der Waals surface area contributed by atoms with Crippen molar-refractivity contribution in [2.45, 2.75) is 32.9 Å². The van der Waals surface area contributed by atoms with Crippen LogP contribution in [0.2, 0.25) is 0 Å². The second kappa shape index (κ2) is 5.36. The molecule has 1 amide bonds. The van der Waals surface area contributed by atoms with E-state index in [1.807, 2.05) is 24.6 Å². The van der Waals surface area contributed by atoms with Crippen molar-refractivity contribution in [2.24, 2.45) is 5.92 Å². The van der Waals surface area contributed by atoms with Crippen LogP contribution in [0, 0.1) is 5.92 Å². The Hall–Kier alpha value is -1.30. The Morgan fingerprint density at radius 1 is 1.53 bits per heavy atom. The van der Waals surface area contributed by atoms with Gasteiger partial charge in [-0.1, -0.05) is 6.92 Å². The molecular weight excluding hydrogens is 312 g/mol. The summed E-state index contributed by atoms with van der Waals surface area (Å²) >= 11 is 3.35. The quantitative estimate of drug-likeness (QED) is 0.925. The van der Waals surface area contributed by atoms with Crippen LogP contribution in [0.3, 0.4) is 0 Å². The molecule has 5 nitrogen and oxygen atoms in total. The molecule has 2 atom stereocenters. The molecule has 0 aromatic carbocycles. The third-order valence-corrected chi connectivity index (χ3v) is 4.07. The van der Waals surface area contributed by atoms with Gasteiger partial charge in [-0.05, 0) is 41.3 Å². The molecule has 1 N–H and O–H groups in total. The van der Waals surface area contributed by atoms with E-state index in [4.69, 9.17) is 0 Å². The third kappa shape index (κ3) is 2.54. The number of carbonyl (C=O) groups is 2. The monoisotopic (exact) mass is 328 g/mol. The van der Waals surface area contributed by atoms with E-state index in [9.17, 15) is 14.7 Å². The lowest BCUT2D eigenvalue weighted by molar-refractivity contribution is -0.142. The first-order valence-corrected chi connectivity index (χ1v) is 7.14. The summed E-state index contributed by atoms with van der Waals surface area (Å²) in [5, 5.41) is 9.27. The number of carboxylic acids is 1. The van der Waals surface area contributed by atoms with Crippen molar-refractivity contribution in [2.75, 3.05) is 6.54 Å². The van der Waals surface area contributed by atoms with E-state index in [-0.39, 0.29) is 11.8 Å². The minimum absolute atomic E-state index is 0.00469. The van der Waals surface area contributed by atoms with Gasteiger partial charge in [0.15, 0.2) is 0 Å². The van der Waals surface area contributed by atoms with Gasteiger partial charge in [-0.2, -0.15) is 0 Å². The van der Waals surface area contributed by atoms with Crippen molar-refractivity contribution in [3.8, 4) is 0 Å². The molecule has 2 heterocycles. The van der Waals surface area contributed by atoms with Gasteiger partial charge in [0.1, 0.15) is 11.7 Å². The first-order valence-electron chi connectivity index (χ1n) is 6.35. The summed E-state index contributed by atoms with van der Waals surface area (Å²) in [6.07, 6.45) is 2.57. The van der Waals surface area contributed by atoms with Gasteiger partial charge in [-0.3, -0.25) is 4.79 Å². The maximum absolute atomic E-state index is 12.5. The number of carbonyl (C=O) groups excluding carboxylic acids is 1. The van der Waals surface area contributed by atoms with Crippen molar-refractivity contribution >= 4 is 27.8 Å². The number of rotatable bonds is 3. The van der Waals surface area contributed by atoms with Crippen molar-refractivity contribution in [1.82, 2.24) is 9.47 Å². The molecule has 0 bridgehead atoms. The van der Waals surface area contributed by atoms with Crippen LogP contribution >= 0.6 is 15.9 Å². The summed E-state index contributed by atoms with van der Waals surface area (Å²) in [6, 6.07) is 1.03. The van der Waals surface area contributed by atoms with E-state index in [0.717, 1.165) is 10.9 Å². The Kier molecular flexibility index (Phi) is 3.99. The normalized spacial score (nSPS) is 22.8. The lowest BCUT2D eigenvalue weighted by Gasteiger charge is -2.23. The summed E-state index contributed by atoms with van der Waals surface area (Å²) in [6.45, 7) is 5.00. The number of aryl methyl sites for hydroxylation is 1. The molecule has 2 unspecified atom stereocenters. The summed E-state index contributed by atoms with van der Waals surface area (Å²) in [5.74, 6) is -1.13. The highest BCUT2D eigenvalue weighted by Crippen LogP contribution is 2.27. The molecule has 1 saturated heterocycles. The van der Waals surface area contributed by atoms with Crippen molar-refractivity contribution in [3.63, 3.8) is 0 Å². The zero-order valence-corrected chi connectivity index (χ0v) is 12.6. The highest BCUT2D eigenvalue weighted by molar-refractivity contribution is 9.10. The first-order chi connectivity index (χ1) is 8.95. The fraction of sp³-hybridized carbons (Fsp3) is 0.538. The summed E-state index contributed by atoms with van der Waals surface area (Å²) in [7, 11) is 0. The molecule has 19 heavy (non-hydrogen) atoms. The van der Waals surface area contributed by atoms with Crippen LogP contribution in [0.5, 0.6) is 0 Å². The average Bonchev–Trinajstić information content (AvgIpc) is 2.91. The van der Waals surface area contributed by atoms with E-state index < -0.39 is 12.0 Å². The maximum atomic E-state index is 12.5. The second-order valence-corrected chi connectivity index (χ2v) is 5.79. The standard InChI is InChI=1S/C13H17BrN2O3/c1-3-15-7-9(14)6-10(15)12(17)16-5-4-8(2)11(16)13(18)19/h6-8,11H,3-5H2,1-2H3,(H,18,19). The second-order valence-electron chi connectivity index (χ2n) is 4.88. The summed E-state index contributed by atoms with van der Waals surface area (Å²) in [5.41, 5.74) is 0.537. The Morgan fingerprint density at radius 3 is 2.79 bits per heavy atom. The topological polar surface area (TPSA) is 62.5 Å². The number of carboxylic acid groups (broad SMARTS) is 1. The average molecular weight is 329 g/mol. The van der Waals surface area contributed by atoms with Crippen LogP contribution in [0.15, 0.2) is 16.7 Å². The molecule has 0 aliphatic carbocycles. The molecule has 104 valence electrons. The van der Waals surface area contributed by atoms with Crippen LogP contribution in [0.1, 0.15) is 30.8 Å². The number of halogens is 1. The number of amides is 1. The van der Waals surface area contributed by atoms with Gasteiger partial charge in [0.05, 0.1) is 0 Å². The number of hydrogen-bond donors (Lipinski definition) is 1. The molecule has 1 aliphatic rings. The molecule has 6 heteroatoms. The van der Waals surface area contributed by atoms with Gasteiger partial charge < -0.3 is 14.6 Å². The minimum Gasteiger partial charge on any atom is -0.480 e. The number of nitrogens with zero attached hydrogens (tertiary/aromatic N) is 2.